The summed E-state index contributed by atoms with van der Waals surface area (Å²) in [6.07, 6.45) is -11.6. The highest BCUT2D eigenvalue weighted by Gasteiger charge is 2.51. The molecule has 0 saturated carbocycles. The minimum atomic E-state index is -1.47. The zero-order valence-corrected chi connectivity index (χ0v) is 13.5. The van der Waals surface area contributed by atoms with Crippen molar-refractivity contribution in [3.63, 3.8) is 0 Å². The second kappa shape index (κ2) is 8.32. The molecule has 2 rings (SSSR count). The zero-order chi connectivity index (χ0) is 18.0. The summed E-state index contributed by atoms with van der Waals surface area (Å²) in [5.74, 6) is 0. The summed E-state index contributed by atoms with van der Waals surface area (Å²) in [6.45, 7) is 0.628. The Bertz CT molecular complexity index is 392. The van der Waals surface area contributed by atoms with Gasteiger partial charge in [0, 0.05) is 7.11 Å². The summed E-state index contributed by atoms with van der Waals surface area (Å²) in [5, 5.41) is 58.9. The lowest BCUT2D eigenvalue weighted by Crippen LogP contribution is -2.60. The van der Waals surface area contributed by atoms with Gasteiger partial charge in [-0.25, -0.2) is 0 Å². The van der Waals surface area contributed by atoms with Crippen molar-refractivity contribution in [2.75, 3.05) is 20.3 Å². The molecule has 0 amide bonds. The minimum absolute atomic E-state index is 0.441. The van der Waals surface area contributed by atoms with E-state index in [1.165, 1.54) is 7.11 Å². The van der Waals surface area contributed by atoms with Gasteiger partial charge in [-0.15, -0.1) is 0 Å². The molecule has 2 saturated heterocycles. The van der Waals surface area contributed by atoms with Gasteiger partial charge < -0.3 is 49.6 Å². The number of ether oxygens (including phenoxy) is 4. The third-order valence-electron chi connectivity index (χ3n) is 4.50. The Kier molecular flexibility index (Phi) is 6.90. The van der Waals surface area contributed by atoms with Crippen molar-refractivity contribution in [2.24, 2.45) is 0 Å². The fourth-order valence-electron chi connectivity index (χ4n) is 2.99. The first-order valence-electron chi connectivity index (χ1n) is 7.78. The maximum absolute atomic E-state index is 10.2. The van der Waals surface area contributed by atoms with Crippen LogP contribution in [0.2, 0.25) is 0 Å². The summed E-state index contributed by atoms with van der Waals surface area (Å²) in [5.41, 5.74) is 0. The van der Waals surface area contributed by atoms with E-state index in [1.807, 2.05) is 0 Å². The van der Waals surface area contributed by atoms with Crippen molar-refractivity contribution in [3.05, 3.63) is 0 Å². The topological polar surface area (TPSA) is 158 Å². The van der Waals surface area contributed by atoms with Crippen molar-refractivity contribution >= 4 is 0 Å². The van der Waals surface area contributed by atoms with E-state index in [2.05, 4.69) is 0 Å². The van der Waals surface area contributed by atoms with E-state index in [0.717, 1.165) is 0 Å². The summed E-state index contributed by atoms with van der Waals surface area (Å²) >= 11 is 0. The monoisotopic (exact) mass is 354 g/mol. The molecule has 0 spiro atoms. The molecular formula is C14H26O10. The van der Waals surface area contributed by atoms with Gasteiger partial charge in [0.05, 0.1) is 19.3 Å². The molecule has 10 atom stereocenters. The molecule has 6 N–H and O–H groups in total. The van der Waals surface area contributed by atoms with Gasteiger partial charge in [0.15, 0.2) is 6.29 Å². The molecule has 24 heavy (non-hydrogen) atoms. The molecule has 2 aliphatic heterocycles. The van der Waals surface area contributed by atoms with Crippen molar-refractivity contribution in [2.45, 2.75) is 68.1 Å². The molecule has 2 heterocycles. The number of hydrogen-bond acceptors (Lipinski definition) is 10. The lowest BCUT2D eigenvalue weighted by Gasteiger charge is -2.42. The number of methoxy groups -OCH3 is 1. The molecule has 0 aromatic heterocycles. The van der Waals surface area contributed by atoms with Gasteiger partial charge in [-0.05, 0) is 6.92 Å². The van der Waals surface area contributed by atoms with Crippen molar-refractivity contribution in [1.82, 2.24) is 0 Å². The molecule has 2 aliphatic rings. The Hall–Kier alpha value is -0.400. The van der Waals surface area contributed by atoms with Crippen LogP contribution in [0, 0.1) is 0 Å². The summed E-state index contributed by atoms with van der Waals surface area (Å²) < 4.78 is 21.1. The Morgan fingerprint density at radius 1 is 0.958 bits per heavy atom. The van der Waals surface area contributed by atoms with Crippen LogP contribution in [0.5, 0.6) is 0 Å². The third kappa shape index (κ3) is 3.73. The maximum Gasteiger partial charge on any atom is 0.187 e. The molecule has 2 fully saturated rings. The first-order valence-corrected chi connectivity index (χ1v) is 7.78. The Balaban J connectivity index is 2.08. The second-order valence-corrected chi connectivity index (χ2v) is 6.05. The Labute approximate surface area is 139 Å². The highest BCUT2D eigenvalue weighted by atomic mass is 16.7. The number of rotatable bonds is 6. The van der Waals surface area contributed by atoms with Crippen LogP contribution in [0.3, 0.4) is 0 Å². The highest BCUT2D eigenvalue weighted by molar-refractivity contribution is 4.95. The summed E-state index contributed by atoms with van der Waals surface area (Å²) in [4.78, 5) is 0. The first-order chi connectivity index (χ1) is 11.3. The van der Waals surface area contributed by atoms with Gasteiger partial charge in [-0.3, -0.25) is 0 Å². The van der Waals surface area contributed by atoms with Crippen molar-refractivity contribution < 1.29 is 49.6 Å². The van der Waals surface area contributed by atoms with Crippen molar-refractivity contribution in [1.29, 1.82) is 0 Å². The van der Waals surface area contributed by atoms with Crippen LogP contribution < -0.4 is 0 Å². The number of aliphatic hydroxyl groups is 6. The molecule has 0 aromatic carbocycles. The lowest BCUT2D eigenvalue weighted by molar-refractivity contribution is -0.287. The molecule has 10 heteroatoms. The van der Waals surface area contributed by atoms with Crippen molar-refractivity contribution in [3.8, 4) is 0 Å². The zero-order valence-electron chi connectivity index (χ0n) is 13.5. The van der Waals surface area contributed by atoms with Crippen LogP contribution in [-0.2, 0) is 18.9 Å². The highest BCUT2D eigenvalue weighted by Crippen LogP contribution is 2.30. The van der Waals surface area contributed by atoms with E-state index in [4.69, 9.17) is 18.9 Å². The normalized spacial score (nSPS) is 47.8. The third-order valence-corrected chi connectivity index (χ3v) is 4.50. The van der Waals surface area contributed by atoms with E-state index < -0.39 is 74.4 Å². The first kappa shape index (κ1) is 19.9. The molecule has 0 bridgehead atoms. The summed E-state index contributed by atoms with van der Waals surface area (Å²) in [6, 6.07) is 0. The predicted octanol–water partition coefficient (Wildman–Crippen LogP) is -3.67. The van der Waals surface area contributed by atoms with E-state index in [1.54, 1.807) is 6.92 Å². The standard InChI is InChI=1S/C14H26O10/c1-5-8(17)13(9(18)6(3-15)22-5)24-14-11(20)10(19)12(23-14)7(4-16)21-2/h5-20H,3-4H2,1-2H3/t5?,6?,7-,8?,9+,10?,11?,12+,13?,14+/m1/s1. The van der Waals surface area contributed by atoms with E-state index in [9.17, 15) is 30.6 Å². The number of hydrogen-bond donors (Lipinski definition) is 6. The molecule has 0 radical (unpaired) electrons. The van der Waals surface area contributed by atoms with E-state index in [-0.39, 0.29) is 0 Å². The molecule has 6 unspecified atom stereocenters. The van der Waals surface area contributed by atoms with Crippen LogP contribution in [-0.4, -0.2) is 112 Å². The average molecular weight is 354 g/mol. The van der Waals surface area contributed by atoms with Crippen LogP contribution in [0.4, 0.5) is 0 Å². The fraction of sp³-hybridized carbons (Fsp3) is 1.00. The summed E-state index contributed by atoms with van der Waals surface area (Å²) in [7, 11) is 1.32. The molecule has 142 valence electrons. The van der Waals surface area contributed by atoms with Crippen LogP contribution in [0.1, 0.15) is 6.92 Å². The van der Waals surface area contributed by atoms with Crippen LogP contribution in [0.25, 0.3) is 0 Å². The van der Waals surface area contributed by atoms with Crippen LogP contribution >= 0.6 is 0 Å². The lowest BCUT2D eigenvalue weighted by atomic mass is 9.95. The van der Waals surface area contributed by atoms with Gasteiger partial charge in [-0.1, -0.05) is 0 Å². The van der Waals surface area contributed by atoms with Gasteiger partial charge in [0.1, 0.15) is 48.8 Å². The van der Waals surface area contributed by atoms with E-state index in [0.29, 0.717) is 0 Å². The van der Waals surface area contributed by atoms with Gasteiger partial charge >= 0.3 is 0 Å². The van der Waals surface area contributed by atoms with Gasteiger partial charge in [0.25, 0.3) is 0 Å². The Morgan fingerprint density at radius 3 is 2.17 bits per heavy atom. The Morgan fingerprint density at radius 2 is 1.62 bits per heavy atom. The van der Waals surface area contributed by atoms with Gasteiger partial charge in [0.2, 0.25) is 0 Å². The molecule has 0 aromatic rings. The minimum Gasteiger partial charge on any atom is -0.394 e. The second-order valence-electron chi connectivity index (χ2n) is 6.05. The number of aliphatic hydroxyl groups excluding tert-OH is 6. The SMILES string of the molecule is CO[C@H](CO)[C@@H]1O[C@@H](OC2C(O)C(C)OC(CO)[C@@H]2O)C(O)C1O. The van der Waals surface area contributed by atoms with Gasteiger partial charge in [-0.2, -0.15) is 0 Å². The largest absolute Gasteiger partial charge is 0.394 e. The van der Waals surface area contributed by atoms with Crippen LogP contribution in [0.15, 0.2) is 0 Å². The molecule has 10 nitrogen and oxygen atoms in total. The maximum atomic E-state index is 10.2. The molecular weight excluding hydrogens is 328 g/mol. The fourth-order valence-corrected chi connectivity index (χ4v) is 2.99. The average Bonchev–Trinajstić information content (AvgIpc) is 2.84. The van der Waals surface area contributed by atoms with E-state index >= 15 is 0 Å². The quantitative estimate of drug-likeness (QED) is 0.281. The predicted molar refractivity (Wildman–Crippen MR) is 76.9 cm³/mol. The molecule has 0 aliphatic carbocycles. The smallest absolute Gasteiger partial charge is 0.187 e.